The van der Waals surface area contributed by atoms with Gasteiger partial charge >= 0.3 is 0 Å². The quantitative estimate of drug-likeness (QED) is 0.398. The molecule has 1 atom stereocenters. The smallest absolute Gasteiger partial charge is 0.269 e. The lowest BCUT2D eigenvalue weighted by Crippen LogP contribution is -2.38. The first-order chi connectivity index (χ1) is 17.5. The molecular formula is C28H34N4O4. The van der Waals surface area contributed by atoms with E-state index in [1.54, 1.807) is 18.2 Å². The van der Waals surface area contributed by atoms with Crippen LogP contribution in [0.3, 0.4) is 0 Å². The fourth-order valence-electron chi connectivity index (χ4n) is 4.58. The summed E-state index contributed by atoms with van der Waals surface area (Å²) in [5.74, 6) is -0.00927. The van der Waals surface area contributed by atoms with Crippen LogP contribution in [0.25, 0.3) is 11.3 Å². The molecule has 4 rings (SSSR count). The van der Waals surface area contributed by atoms with Gasteiger partial charge in [-0.25, -0.2) is 4.68 Å². The van der Waals surface area contributed by atoms with Gasteiger partial charge in [0.1, 0.15) is 5.69 Å². The maximum Gasteiger partial charge on any atom is 0.269 e. The zero-order valence-electron chi connectivity index (χ0n) is 20.7. The van der Waals surface area contributed by atoms with Gasteiger partial charge in [-0.1, -0.05) is 35.9 Å². The zero-order valence-corrected chi connectivity index (χ0v) is 20.7. The number of hydrogen-bond donors (Lipinski definition) is 3. The lowest BCUT2D eigenvalue weighted by molar-refractivity contribution is 0.0951. The molecule has 3 N–H and O–H groups in total. The topological polar surface area (TPSA) is 108 Å². The van der Waals surface area contributed by atoms with Gasteiger partial charge in [-0.3, -0.25) is 9.59 Å². The molecule has 0 radical (unpaired) electrons. The lowest BCUT2D eigenvalue weighted by atomic mass is 9.97. The third kappa shape index (κ3) is 6.19. The summed E-state index contributed by atoms with van der Waals surface area (Å²) in [6.45, 7) is 4.42. The van der Waals surface area contributed by atoms with Crippen molar-refractivity contribution in [1.82, 2.24) is 15.1 Å². The number of piperidine rings is 1. The number of rotatable bonds is 9. The molecule has 2 heterocycles. The second-order valence-corrected chi connectivity index (χ2v) is 9.41. The molecule has 1 unspecified atom stereocenters. The molecule has 1 aliphatic rings. The molecule has 1 aromatic heterocycles. The Hall–Kier alpha value is -3.49. The number of hydrogen-bond acceptors (Lipinski definition) is 6. The molecule has 3 aromatic rings. The predicted molar refractivity (Wildman–Crippen MR) is 140 cm³/mol. The Labute approximate surface area is 211 Å². The zero-order chi connectivity index (χ0) is 25.5. The maximum atomic E-state index is 13.2. The molecule has 1 fully saturated rings. The SMILES string of the molecule is Cc1cccc(-c2nn(Cc3ccc(C(=O)NCCCO)cc3)c(=O)cc2N2CCCC(CO)C2)c1. The number of aryl methyl sites for hydroxylation is 1. The van der Waals surface area contributed by atoms with E-state index in [0.717, 1.165) is 47.5 Å². The average molecular weight is 491 g/mol. The van der Waals surface area contributed by atoms with Gasteiger partial charge in [0.15, 0.2) is 0 Å². The van der Waals surface area contributed by atoms with Crippen molar-refractivity contribution < 1.29 is 15.0 Å². The van der Waals surface area contributed by atoms with Crippen molar-refractivity contribution >= 4 is 11.6 Å². The fourth-order valence-corrected chi connectivity index (χ4v) is 4.58. The van der Waals surface area contributed by atoms with Crippen molar-refractivity contribution in [1.29, 1.82) is 0 Å². The molecule has 1 aliphatic heterocycles. The largest absolute Gasteiger partial charge is 0.396 e. The van der Waals surface area contributed by atoms with Crippen molar-refractivity contribution in [2.75, 3.05) is 37.7 Å². The van der Waals surface area contributed by atoms with Gasteiger partial charge in [0.25, 0.3) is 11.5 Å². The second kappa shape index (κ2) is 12.0. The Morgan fingerprint density at radius 3 is 2.67 bits per heavy atom. The first-order valence-corrected chi connectivity index (χ1v) is 12.5. The minimum Gasteiger partial charge on any atom is -0.396 e. The van der Waals surface area contributed by atoms with E-state index in [0.29, 0.717) is 25.1 Å². The number of aliphatic hydroxyl groups excluding tert-OH is 2. The number of carbonyl (C=O) groups excluding carboxylic acids is 1. The summed E-state index contributed by atoms with van der Waals surface area (Å²) >= 11 is 0. The Balaban J connectivity index is 1.63. The second-order valence-electron chi connectivity index (χ2n) is 9.41. The van der Waals surface area contributed by atoms with Crippen LogP contribution in [0.1, 0.15) is 40.7 Å². The summed E-state index contributed by atoms with van der Waals surface area (Å²) in [5.41, 5.74) is 4.79. The minimum atomic E-state index is -0.196. The van der Waals surface area contributed by atoms with Crippen LogP contribution in [-0.2, 0) is 6.54 Å². The Kier molecular flexibility index (Phi) is 8.51. The van der Waals surface area contributed by atoms with Crippen molar-refractivity contribution in [2.24, 2.45) is 5.92 Å². The fraction of sp³-hybridized carbons (Fsp3) is 0.393. The van der Waals surface area contributed by atoms with E-state index in [4.69, 9.17) is 10.2 Å². The summed E-state index contributed by atoms with van der Waals surface area (Å²) in [5, 5.41) is 26.2. The van der Waals surface area contributed by atoms with Gasteiger partial charge < -0.3 is 20.4 Å². The van der Waals surface area contributed by atoms with Crippen molar-refractivity contribution in [3.8, 4) is 11.3 Å². The number of nitrogens with one attached hydrogen (secondary N) is 1. The highest BCUT2D eigenvalue weighted by molar-refractivity contribution is 5.94. The molecule has 0 saturated carbocycles. The van der Waals surface area contributed by atoms with E-state index in [2.05, 4.69) is 16.3 Å². The van der Waals surface area contributed by atoms with E-state index in [1.807, 2.05) is 37.3 Å². The van der Waals surface area contributed by atoms with E-state index < -0.39 is 0 Å². The maximum absolute atomic E-state index is 13.2. The highest BCUT2D eigenvalue weighted by atomic mass is 16.3. The van der Waals surface area contributed by atoms with E-state index in [9.17, 15) is 14.7 Å². The first kappa shape index (κ1) is 25.6. The van der Waals surface area contributed by atoms with Crippen LogP contribution in [0.4, 0.5) is 5.69 Å². The van der Waals surface area contributed by atoms with E-state index in [1.165, 1.54) is 4.68 Å². The molecule has 1 saturated heterocycles. The Morgan fingerprint density at radius 2 is 1.94 bits per heavy atom. The molecule has 36 heavy (non-hydrogen) atoms. The van der Waals surface area contributed by atoms with Crippen molar-refractivity contribution in [3.63, 3.8) is 0 Å². The molecule has 8 heteroatoms. The van der Waals surface area contributed by atoms with E-state index in [-0.39, 0.29) is 37.1 Å². The lowest BCUT2D eigenvalue weighted by Gasteiger charge is -2.34. The third-order valence-electron chi connectivity index (χ3n) is 6.56. The summed E-state index contributed by atoms with van der Waals surface area (Å²) in [4.78, 5) is 27.5. The van der Waals surface area contributed by atoms with Crippen LogP contribution >= 0.6 is 0 Å². The molecule has 1 amide bonds. The number of carbonyl (C=O) groups is 1. The first-order valence-electron chi connectivity index (χ1n) is 12.5. The summed E-state index contributed by atoms with van der Waals surface area (Å²) in [6.07, 6.45) is 2.45. The molecule has 190 valence electrons. The van der Waals surface area contributed by atoms with Gasteiger partial charge in [-0.2, -0.15) is 5.10 Å². The van der Waals surface area contributed by atoms with Gasteiger partial charge in [0.05, 0.1) is 12.2 Å². The third-order valence-corrected chi connectivity index (χ3v) is 6.56. The number of aliphatic hydroxyl groups is 2. The molecule has 0 aliphatic carbocycles. The predicted octanol–water partition coefficient (Wildman–Crippen LogP) is 2.59. The monoisotopic (exact) mass is 490 g/mol. The number of anilines is 1. The highest BCUT2D eigenvalue weighted by Gasteiger charge is 2.24. The van der Waals surface area contributed by atoms with Gasteiger partial charge in [0, 0.05) is 50.0 Å². The van der Waals surface area contributed by atoms with Crippen molar-refractivity contribution in [2.45, 2.75) is 32.7 Å². The van der Waals surface area contributed by atoms with Crippen LogP contribution in [0, 0.1) is 12.8 Å². The number of nitrogens with zero attached hydrogens (tertiary/aromatic N) is 3. The van der Waals surface area contributed by atoms with Crippen LogP contribution in [-0.4, -0.2) is 58.7 Å². The summed E-state index contributed by atoms with van der Waals surface area (Å²) in [7, 11) is 0. The van der Waals surface area contributed by atoms with Crippen LogP contribution in [0.2, 0.25) is 0 Å². The minimum absolute atomic E-state index is 0.0318. The normalized spacial score (nSPS) is 15.6. The molecule has 0 bridgehead atoms. The number of amides is 1. The number of aromatic nitrogens is 2. The summed E-state index contributed by atoms with van der Waals surface area (Å²) in [6, 6.07) is 16.9. The van der Waals surface area contributed by atoms with Crippen LogP contribution < -0.4 is 15.8 Å². The Bertz CT molecular complexity index is 1240. The summed E-state index contributed by atoms with van der Waals surface area (Å²) < 4.78 is 1.46. The van der Waals surface area contributed by atoms with Crippen LogP contribution in [0.15, 0.2) is 59.4 Å². The molecular weight excluding hydrogens is 456 g/mol. The molecule has 8 nitrogen and oxygen atoms in total. The number of benzene rings is 2. The van der Waals surface area contributed by atoms with Crippen LogP contribution in [0.5, 0.6) is 0 Å². The highest BCUT2D eigenvalue weighted by Crippen LogP contribution is 2.31. The van der Waals surface area contributed by atoms with Gasteiger partial charge in [0.2, 0.25) is 0 Å². The van der Waals surface area contributed by atoms with E-state index >= 15 is 0 Å². The van der Waals surface area contributed by atoms with Crippen molar-refractivity contribution in [3.05, 3.63) is 81.6 Å². The van der Waals surface area contributed by atoms with Gasteiger partial charge in [-0.05, 0) is 55.9 Å². The molecule has 2 aromatic carbocycles. The van der Waals surface area contributed by atoms with Gasteiger partial charge in [-0.15, -0.1) is 0 Å². The standard InChI is InChI=1S/C28H34N4O4/c1-20-5-2-7-24(15-20)27-25(31-13-3-6-22(17-31)19-34)16-26(35)32(30-27)18-21-8-10-23(11-9-21)28(36)29-12-4-14-33/h2,5,7-11,15-16,22,33-34H,3-4,6,12-14,17-19H2,1H3,(H,29,36). The Morgan fingerprint density at radius 1 is 1.14 bits per heavy atom. The average Bonchev–Trinajstić information content (AvgIpc) is 2.90. The molecule has 0 spiro atoms.